The maximum atomic E-state index is 11.7. The maximum absolute atomic E-state index is 11.7. The zero-order valence-electron chi connectivity index (χ0n) is 9.60. The van der Waals surface area contributed by atoms with Crippen molar-refractivity contribution >= 4 is 10.0 Å². The molecule has 0 saturated heterocycles. The van der Waals surface area contributed by atoms with E-state index in [0.717, 1.165) is 5.56 Å². The van der Waals surface area contributed by atoms with Crippen molar-refractivity contribution in [2.24, 2.45) is 0 Å². The quantitative estimate of drug-likeness (QED) is 0.772. The molecule has 4 nitrogen and oxygen atoms in total. The van der Waals surface area contributed by atoms with E-state index in [4.69, 9.17) is 0 Å². The van der Waals surface area contributed by atoms with Gasteiger partial charge < -0.3 is 5.32 Å². The highest BCUT2D eigenvalue weighted by atomic mass is 32.2. The molecule has 0 aliphatic rings. The van der Waals surface area contributed by atoms with E-state index in [9.17, 15) is 8.42 Å². The highest BCUT2D eigenvalue weighted by molar-refractivity contribution is 7.88. The zero-order chi connectivity index (χ0) is 12.0. The van der Waals surface area contributed by atoms with Gasteiger partial charge in [-0.05, 0) is 19.5 Å². The lowest BCUT2D eigenvalue weighted by atomic mass is 10.2. The van der Waals surface area contributed by atoms with Crippen molar-refractivity contribution in [2.75, 3.05) is 13.6 Å². The lowest BCUT2D eigenvalue weighted by Gasteiger charge is -2.11. The Bertz CT molecular complexity index is 403. The molecule has 0 amide bonds. The average molecular weight is 242 g/mol. The molecule has 1 unspecified atom stereocenters. The molecular weight excluding hydrogens is 224 g/mol. The van der Waals surface area contributed by atoms with E-state index in [-0.39, 0.29) is 11.8 Å². The van der Waals surface area contributed by atoms with Gasteiger partial charge in [0.05, 0.1) is 5.75 Å². The van der Waals surface area contributed by atoms with Crippen LogP contribution in [0.25, 0.3) is 0 Å². The Labute approximate surface area is 97.1 Å². The van der Waals surface area contributed by atoms with Gasteiger partial charge in [-0.3, -0.25) is 0 Å². The van der Waals surface area contributed by atoms with E-state index in [1.54, 1.807) is 19.2 Å². The van der Waals surface area contributed by atoms with Gasteiger partial charge in [0.25, 0.3) is 0 Å². The van der Waals surface area contributed by atoms with Crippen LogP contribution in [-0.4, -0.2) is 28.1 Å². The first-order valence-corrected chi connectivity index (χ1v) is 6.87. The number of hydrogen-bond donors (Lipinski definition) is 2. The largest absolute Gasteiger partial charge is 0.316 e. The lowest BCUT2D eigenvalue weighted by Crippen LogP contribution is -2.37. The standard InChI is InChI=1S/C11H18N2O2S/c1-10(12-2)8-13-16(14,15)9-11-6-4-3-5-7-11/h3-7,10,12-13H,8-9H2,1-2H3. The van der Waals surface area contributed by atoms with Crippen LogP contribution in [0.5, 0.6) is 0 Å². The van der Waals surface area contributed by atoms with Crippen LogP contribution in [0.1, 0.15) is 12.5 Å². The second-order valence-corrected chi connectivity index (χ2v) is 5.59. The summed E-state index contributed by atoms with van der Waals surface area (Å²) in [6.45, 7) is 2.33. The van der Waals surface area contributed by atoms with E-state index in [1.807, 2.05) is 25.1 Å². The fourth-order valence-corrected chi connectivity index (χ4v) is 2.44. The van der Waals surface area contributed by atoms with Crippen LogP contribution >= 0.6 is 0 Å². The zero-order valence-corrected chi connectivity index (χ0v) is 10.4. The SMILES string of the molecule is CNC(C)CNS(=O)(=O)Cc1ccccc1. The van der Waals surface area contributed by atoms with Crippen LogP contribution in [0.2, 0.25) is 0 Å². The van der Waals surface area contributed by atoms with Crippen molar-refractivity contribution in [3.05, 3.63) is 35.9 Å². The molecule has 0 spiro atoms. The normalized spacial score (nSPS) is 13.6. The first-order valence-electron chi connectivity index (χ1n) is 5.22. The highest BCUT2D eigenvalue weighted by Gasteiger charge is 2.11. The number of benzene rings is 1. The minimum atomic E-state index is -3.23. The first kappa shape index (κ1) is 13.2. The van der Waals surface area contributed by atoms with Gasteiger partial charge in [-0.1, -0.05) is 30.3 Å². The molecule has 0 aliphatic heterocycles. The summed E-state index contributed by atoms with van der Waals surface area (Å²) < 4.78 is 25.9. The van der Waals surface area contributed by atoms with Crippen LogP contribution in [0, 0.1) is 0 Å². The Morgan fingerprint density at radius 3 is 2.44 bits per heavy atom. The monoisotopic (exact) mass is 242 g/mol. The minimum absolute atomic E-state index is 0.0320. The minimum Gasteiger partial charge on any atom is -0.316 e. The van der Waals surface area contributed by atoms with Gasteiger partial charge in [-0.2, -0.15) is 0 Å². The van der Waals surface area contributed by atoms with Crippen LogP contribution in [0.15, 0.2) is 30.3 Å². The van der Waals surface area contributed by atoms with Crippen molar-refractivity contribution in [2.45, 2.75) is 18.7 Å². The first-order chi connectivity index (χ1) is 7.53. The summed E-state index contributed by atoms with van der Waals surface area (Å²) in [7, 11) is -1.43. The number of hydrogen-bond acceptors (Lipinski definition) is 3. The van der Waals surface area contributed by atoms with E-state index in [0.29, 0.717) is 6.54 Å². The van der Waals surface area contributed by atoms with Crippen molar-refractivity contribution < 1.29 is 8.42 Å². The molecule has 0 fully saturated rings. The third-order valence-electron chi connectivity index (χ3n) is 2.30. The van der Waals surface area contributed by atoms with Gasteiger partial charge in [-0.15, -0.1) is 0 Å². The van der Waals surface area contributed by atoms with Gasteiger partial charge in [0.1, 0.15) is 0 Å². The van der Waals surface area contributed by atoms with Crippen molar-refractivity contribution in [1.82, 2.24) is 10.0 Å². The molecule has 0 aliphatic carbocycles. The second kappa shape index (κ2) is 5.98. The Morgan fingerprint density at radius 2 is 1.88 bits per heavy atom. The lowest BCUT2D eigenvalue weighted by molar-refractivity contribution is 0.553. The average Bonchev–Trinajstić information content (AvgIpc) is 2.27. The Hall–Kier alpha value is -0.910. The Balaban J connectivity index is 2.53. The molecule has 90 valence electrons. The summed E-state index contributed by atoms with van der Waals surface area (Å²) >= 11 is 0. The van der Waals surface area contributed by atoms with E-state index in [1.165, 1.54) is 0 Å². The predicted molar refractivity (Wildman–Crippen MR) is 65.6 cm³/mol. The van der Waals surface area contributed by atoms with Crippen LogP contribution < -0.4 is 10.0 Å². The molecule has 5 heteroatoms. The maximum Gasteiger partial charge on any atom is 0.215 e. The number of likely N-dealkylation sites (N-methyl/N-ethyl adjacent to an activating group) is 1. The molecule has 1 aromatic carbocycles. The molecule has 0 heterocycles. The number of sulfonamides is 1. The third-order valence-corrected chi connectivity index (χ3v) is 3.62. The molecule has 1 atom stereocenters. The fourth-order valence-electron chi connectivity index (χ4n) is 1.20. The number of rotatable bonds is 6. The van der Waals surface area contributed by atoms with E-state index >= 15 is 0 Å². The van der Waals surface area contributed by atoms with Gasteiger partial charge >= 0.3 is 0 Å². The third kappa shape index (κ3) is 4.74. The number of nitrogens with one attached hydrogen (secondary N) is 2. The Kier molecular flexibility index (Phi) is 4.92. The molecule has 0 radical (unpaired) electrons. The molecule has 1 rings (SSSR count). The smallest absolute Gasteiger partial charge is 0.215 e. The molecule has 2 N–H and O–H groups in total. The topological polar surface area (TPSA) is 58.2 Å². The van der Waals surface area contributed by atoms with Gasteiger partial charge in [0, 0.05) is 12.6 Å². The van der Waals surface area contributed by atoms with E-state index in [2.05, 4.69) is 10.0 Å². The van der Waals surface area contributed by atoms with Crippen LogP contribution in [-0.2, 0) is 15.8 Å². The summed E-state index contributed by atoms with van der Waals surface area (Å²) in [6.07, 6.45) is 0. The van der Waals surface area contributed by atoms with Crippen LogP contribution in [0.4, 0.5) is 0 Å². The molecule has 1 aromatic rings. The molecule has 0 aromatic heterocycles. The predicted octanol–water partition coefficient (Wildman–Crippen LogP) is 0.714. The molecule has 0 bridgehead atoms. The summed E-state index contributed by atoms with van der Waals surface area (Å²) in [5, 5.41) is 2.97. The molecular formula is C11H18N2O2S. The molecule has 0 saturated carbocycles. The van der Waals surface area contributed by atoms with Gasteiger partial charge in [0.2, 0.25) is 10.0 Å². The van der Waals surface area contributed by atoms with Crippen LogP contribution in [0.3, 0.4) is 0 Å². The van der Waals surface area contributed by atoms with Crippen molar-refractivity contribution in [3.63, 3.8) is 0 Å². The van der Waals surface area contributed by atoms with Gasteiger partial charge in [0.15, 0.2) is 0 Å². The van der Waals surface area contributed by atoms with E-state index < -0.39 is 10.0 Å². The highest BCUT2D eigenvalue weighted by Crippen LogP contribution is 2.03. The molecule has 16 heavy (non-hydrogen) atoms. The second-order valence-electron chi connectivity index (χ2n) is 3.78. The summed E-state index contributed by atoms with van der Waals surface area (Å²) in [6, 6.07) is 9.28. The summed E-state index contributed by atoms with van der Waals surface area (Å²) in [5.41, 5.74) is 0.798. The fraction of sp³-hybridized carbons (Fsp3) is 0.455. The van der Waals surface area contributed by atoms with Gasteiger partial charge in [-0.25, -0.2) is 13.1 Å². The Morgan fingerprint density at radius 1 is 1.25 bits per heavy atom. The summed E-state index contributed by atoms with van der Waals surface area (Å²) in [4.78, 5) is 0. The van der Waals surface area contributed by atoms with Crippen molar-refractivity contribution in [3.8, 4) is 0 Å². The summed E-state index contributed by atoms with van der Waals surface area (Å²) in [5.74, 6) is 0.0320. The van der Waals surface area contributed by atoms with Crippen molar-refractivity contribution in [1.29, 1.82) is 0 Å².